The minimum atomic E-state index is 0.0731. The number of amides is 1. The van der Waals surface area contributed by atoms with Crippen LogP contribution in [0.3, 0.4) is 0 Å². The fourth-order valence-electron chi connectivity index (χ4n) is 2.85. The van der Waals surface area contributed by atoms with Crippen molar-refractivity contribution in [3.05, 3.63) is 0 Å². The minimum absolute atomic E-state index is 0.0731. The van der Waals surface area contributed by atoms with Crippen LogP contribution in [0.4, 0.5) is 0 Å². The maximum atomic E-state index is 12.2. The van der Waals surface area contributed by atoms with Gasteiger partial charge in [-0.05, 0) is 32.2 Å². The normalized spacial score (nSPS) is 23.3. The van der Waals surface area contributed by atoms with E-state index in [2.05, 4.69) is 0 Å². The summed E-state index contributed by atoms with van der Waals surface area (Å²) < 4.78 is 10.2. The number of carbonyl (C=O) groups is 1. The van der Waals surface area contributed by atoms with Crippen molar-refractivity contribution in [1.82, 2.24) is 4.90 Å². The minimum Gasteiger partial charge on any atom is -0.382 e. The van der Waals surface area contributed by atoms with Gasteiger partial charge in [-0.25, -0.2) is 0 Å². The van der Waals surface area contributed by atoms with Gasteiger partial charge in [0.2, 0.25) is 5.91 Å². The molecule has 0 heterocycles. The van der Waals surface area contributed by atoms with Crippen molar-refractivity contribution in [3.63, 3.8) is 0 Å². The highest BCUT2D eigenvalue weighted by Gasteiger charge is 2.31. The van der Waals surface area contributed by atoms with Crippen molar-refractivity contribution in [2.24, 2.45) is 11.7 Å². The van der Waals surface area contributed by atoms with E-state index in [4.69, 9.17) is 15.2 Å². The number of ether oxygens (including phenoxy) is 2. The quantitative estimate of drug-likeness (QED) is 0.670. The van der Waals surface area contributed by atoms with Crippen LogP contribution in [0, 0.1) is 5.92 Å². The third-order valence-corrected chi connectivity index (χ3v) is 3.89. The molecule has 2 N–H and O–H groups in total. The van der Waals surface area contributed by atoms with E-state index in [9.17, 15) is 4.79 Å². The Morgan fingerprint density at radius 2 is 2.05 bits per heavy atom. The lowest BCUT2D eigenvalue weighted by Gasteiger charge is -2.39. The van der Waals surface area contributed by atoms with Gasteiger partial charge in [-0.1, -0.05) is 12.8 Å². The molecule has 0 saturated heterocycles. The van der Waals surface area contributed by atoms with Crippen LogP contribution in [0.1, 0.15) is 32.6 Å². The Morgan fingerprint density at radius 1 is 1.32 bits per heavy atom. The lowest BCUT2D eigenvalue weighted by molar-refractivity contribution is -0.140. The average molecular weight is 272 g/mol. The van der Waals surface area contributed by atoms with Crippen LogP contribution in [0.25, 0.3) is 0 Å². The molecular formula is C14H28N2O3. The van der Waals surface area contributed by atoms with Gasteiger partial charge < -0.3 is 20.1 Å². The van der Waals surface area contributed by atoms with E-state index in [0.29, 0.717) is 31.7 Å². The SMILES string of the molecule is CCN(C(=O)COCCOC)C1CCCCC1CN. The van der Waals surface area contributed by atoms with E-state index in [0.717, 1.165) is 19.4 Å². The van der Waals surface area contributed by atoms with Crippen LogP contribution in [-0.2, 0) is 14.3 Å². The number of hydrogen-bond acceptors (Lipinski definition) is 4. The topological polar surface area (TPSA) is 64.8 Å². The lowest BCUT2D eigenvalue weighted by Crippen LogP contribution is -2.49. The van der Waals surface area contributed by atoms with E-state index in [1.54, 1.807) is 7.11 Å². The first-order chi connectivity index (χ1) is 9.24. The fraction of sp³-hybridized carbons (Fsp3) is 0.929. The van der Waals surface area contributed by atoms with Crippen molar-refractivity contribution < 1.29 is 14.3 Å². The van der Waals surface area contributed by atoms with Crippen LogP contribution in [0.5, 0.6) is 0 Å². The highest BCUT2D eigenvalue weighted by molar-refractivity contribution is 5.77. The number of hydrogen-bond donors (Lipinski definition) is 1. The first-order valence-corrected chi connectivity index (χ1v) is 7.30. The summed E-state index contributed by atoms with van der Waals surface area (Å²) in [6.07, 6.45) is 4.62. The second-order valence-corrected chi connectivity index (χ2v) is 5.07. The summed E-state index contributed by atoms with van der Waals surface area (Å²) in [5.74, 6) is 0.514. The summed E-state index contributed by atoms with van der Waals surface area (Å²) in [6.45, 7) is 4.55. The third-order valence-electron chi connectivity index (χ3n) is 3.89. The number of rotatable bonds is 8. The molecule has 19 heavy (non-hydrogen) atoms. The number of carbonyl (C=O) groups excluding carboxylic acids is 1. The Balaban J connectivity index is 2.47. The van der Waals surface area contributed by atoms with Gasteiger partial charge in [0.15, 0.2) is 0 Å². The van der Waals surface area contributed by atoms with Crippen LogP contribution in [-0.4, -0.2) is 56.9 Å². The maximum absolute atomic E-state index is 12.2. The van der Waals surface area contributed by atoms with Gasteiger partial charge in [-0.15, -0.1) is 0 Å². The van der Waals surface area contributed by atoms with Gasteiger partial charge in [0.05, 0.1) is 13.2 Å². The van der Waals surface area contributed by atoms with Gasteiger partial charge in [0.1, 0.15) is 6.61 Å². The number of nitrogens with zero attached hydrogens (tertiary/aromatic N) is 1. The lowest BCUT2D eigenvalue weighted by atomic mass is 9.83. The molecule has 112 valence electrons. The van der Waals surface area contributed by atoms with Gasteiger partial charge >= 0.3 is 0 Å². The summed E-state index contributed by atoms with van der Waals surface area (Å²) in [5, 5.41) is 0. The Labute approximate surface area is 116 Å². The van der Waals surface area contributed by atoms with E-state index in [-0.39, 0.29) is 12.5 Å². The standard InChI is InChI=1S/C14H28N2O3/c1-3-16(14(17)11-19-9-8-18-2)13-7-5-4-6-12(13)10-15/h12-13H,3-11,15H2,1-2H3. The molecule has 0 aromatic carbocycles. The monoisotopic (exact) mass is 272 g/mol. The maximum Gasteiger partial charge on any atom is 0.248 e. The molecule has 1 amide bonds. The molecular weight excluding hydrogens is 244 g/mol. The number of nitrogens with two attached hydrogens (primary N) is 1. The second kappa shape index (κ2) is 9.28. The number of likely N-dealkylation sites (N-methyl/N-ethyl adjacent to an activating group) is 1. The van der Waals surface area contributed by atoms with Crippen molar-refractivity contribution in [3.8, 4) is 0 Å². The molecule has 1 aliphatic carbocycles. The van der Waals surface area contributed by atoms with E-state index in [1.807, 2.05) is 11.8 Å². The van der Waals surface area contributed by atoms with E-state index in [1.165, 1.54) is 12.8 Å². The fourth-order valence-corrected chi connectivity index (χ4v) is 2.85. The molecule has 0 aromatic rings. The zero-order chi connectivity index (χ0) is 14.1. The van der Waals surface area contributed by atoms with Crippen molar-refractivity contribution in [2.45, 2.75) is 38.6 Å². The smallest absolute Gasteiger partial charge is 0.248 e. The van der Waals surface area contributed by atoms with Crippen molar-refractivity contribution >= 4 is 5.91 Å². The third kappa shape index (κ3) is 5.09. The highest BCUT2D eigenvalue weighted by atomic mass is 16.5. The summed E-state index contributed by atoms with van der Waals surface area (Å²) in [5.41, 5.74) is 5.84. The number of methoxy groups -OCH3 is 1. The molecule has 0 bridgehead atoms. The summed E-state index contributed by atoms with van der Waals surface area (Å²) >= 11 is 0. The molecule has 1 saturated carbocycles. The van der Waals surface area contributed by atoms with Gasteiger partial charge in [0.25, 0.3) is 0 Å². The van der Waals surface area contributed by atoms with Gasteiger partial charge in [-0.3, -0.25) is 4.79 Å². The molecule has 0 radical (unpaired) electrons. The largest absolute Gasteiger partial charge is 0.382 e. The van der Waals surface area contributed by atoms with Crippen LogP contribution in [0.2, 0.25) is 0 Å². The Kier molecular flexibility index (Phi) is 8.02. The summed E-state index contributed by atoms with van der Waals surface area (Å²) in [6, 6.07) is 0.294. The zero-order valence-electron chi connectivity index (χ0n) is 12.3. The average Bonchev–Trinajstić information content (AvgIpc) is 2.45. The molecule has 2 atom stereocenters. The molecule has 5 nitrogen and oxygen atoms in total. The molecule has 5 heteroatoms. The molecule has 2 unspecified atom stereocenters. The molecule has 1 aliphatic rings. The molecule has 0 spiro atoms. The molecule has 0 aliphatic heterocycles. The van der Waals surface area contributed by atoms with Crippen molar-refractivity contribution in [1.29, 1.82) is 0 Å². The summed E-state index contributed by atoms with van der Waals surface area (Å²) in [7, 11) is 1.62. The van der Waals surface area contributed by atoms with Gasteiger partial charge in [0, 0.05) is 19.7 Å². The Morgan fingerprint density at radius 3 is 2.68 bits per heavy atom. The van der Waals surface area contributed by atoms with Crippen LogP contribution < -0.4 is 5.73 Å². The first-order valence-electron chi connectivity index (χ1n) is 7.30. The summed E-state index contributed by atoms with van der Waals surface area (Å²) in [4.78, 5) is 14.2. The zero-order valence-corrected chi connectivity index (χ0v) is 12.3. The molecule has 0 aromatic heterocycles. The van der Waals surface area contributed by atoms with E-state index < -0.39 is 0 Å². The predicted molar refractivity (Wildman–Crippen MR) is 74.9 cm³/mol. The Bertz CT molecular complexity index is 261. The van der Waals surface area contributed by atoms with Crippen LogP contribution >= 0.6 is 0 Å². The van der Waals surface area contributed by atoms with Crippen molar-refractivity contribution in [2.75, 3.05) is 40.0 Å². The highest BCUT2D eigenvalue weighted by Crippen LogP contribution is 2.27. The molecule has 1 rings (SSSR count). The van der Waals surface area contributed by atoms with Crippen LogP contribution in [0.15, 0.2) is 0 Å². The predicted octanol–water partition coefficient (Wildman–Crippen LogP) is 1.02. The first kappa shape index (κ1) is 16.4. The van der Waals surface area contributed by atoms with Gasteiger partial charge in [-0.2, -0.15) is 0 Å². The Hall–Kier alpha value is -0.650. The molecule has 1 fully saturated rings. The van der Waals surface area contributed by atoms with E-state index >= 15 is 0 Å². The second-order valence-electron chi connectivity index (χ2n) is 5.07.